The van der Waals surface area contributed by atoms with E-state index in [2.05, 4.69) is 0 Å². The van der Waals surface area contributed by atoms with E-state index in [0.717, 1.165) is 23.1 Å². The summed E-state index contributed by atoms with van der Waals surface area (Å²) in [4.78, 5) is 20.1. The molecule has 8 nitrogen and oxygen atoms in total. The number of hydrogen-bond donors (Lipinski definition) is 0. The summed E-state index contributed by atoms with van der Waals surface area (Å²) in [5.41, 5.74) is 1.67. The predicted octanol–water partition coefficient (Wildman–Crippen LogP) is 4.96. The second kappa shape index (κ2) is 10.5. The number of amides is 1. The van der Waals surface area contributed by atoms with Crippen molar-refractivity contribution in [3.63, 3.8) is 0 Å². The lowest BCUT2D eigenvalue weighted by molar-refractivity contribution is 0.0917. The van der Waals surface area contributed by atoms with Crippen LogP contribution in [-0.4, -0.2) is 52.7 Å². The molecule has 3 aromatic carbocycles. The van der Waals surface area contributed by atoms with Crippen molar-refractivity contribution in [2.75, 3.05) is 36.5 Å². The topological polar surface area (TPSA) is 89.0 Å². The minimum absolute atomic E-state index is 0.0790. The van der Waals surface area contributed by atoms with Crippen LogP contribution in [0.4, 0.5) is 10.8 Å². The van der Waals surface area contributed by atoms with Crippen LogP contribution in [0.1, 0.15) is 23.2 Å². The lowest BCUT2D eigenvalue weighted by Gasteiger charge is -2.23. The van der Waals surface area contributed by atoms with E-state index in [9.17, 15) is 13.2 Å². The molecule has 1 saturated heterocycles. The second-order valence-corrected chi connectivity index (χ2v) is 11.7. The van der Waals surface area contributed by atoms with Gasteiger partial charge in [-0.15, -0.1) is 0 Å². The summed E-state index contributed by atoms with van der Waals surface area (Å²) in [5, 5.41) is 0.560. The van der Waals surface area contributed by atoms with E-state index >= 15 is 0 Å². The third-order valence-corrected chi connectivity index (χ3v) is 9.21. The maximum Gasteiger partial charge on any atom is 0.264 e. The van der Waals surface area contributed by atoms with Crippen LogP contribution in [0.15, 0.2) is 77.7 Å². The summed E-state index contributed by atoms with van der Waals surface area (Å²) in [7, 11) is -0.674. The molecule has 1 aliphatic rings. The van der Waals surface area contributed by atoms with Crippen molar-refractivity contribution in [1.29, 1.82) is 0 Å². The van der Waals surface area contributed by atoms with Crippen LogP contribution >= 0.6 is 11.3 Å². The molecule has 4 aromatic rings. The zero-order chi connectivity index (χ0) is 26.0. The molecule has 1 aliphatic heterocycles. The number of carbonyl (C=O) groups is 1. The number of benzene rings is 3. The highest BCUT2D eigenvalue weighted by Crippen LogP contribution is 2.33. The number of para-hydroxylation sites is 1. The molecule has 37 heavy (non-hydrogen) atoms. The van der Waals surface area contributed by atoms with Gasteiger partial charge in [0.1, 0.15) is 5.75 Å². The molecule has 5 rings (SSSR count). The molecule has 1 amide bonds. The molecule has 1 atom stereocenters. The molecule has 0 saturated carbocycles. The number of thiazole rings is 1. The number of fused-ring (bicyclic) bond motifs is 1. The maximum absolute atomic E-state index is 13.7. The fraction of sp³-hybridized carbons (Fsp3) is 0.259. The van der Waals surface area contributed by atoms with Crippen molar-refractivity contribution in [2.24, 2.45) is 0 Å². The molecule has 1 fully saturated rings. The molecule has 2 heterocycles. The number of sulfonamides is 1. The van der Waals surface area contributed by atoms with E-state index in [1.165, 1.54) is 34.8 Å². The van der Waals surface area contributed by atoms with Crippen LogP contribution in [0.2, 0.25) is 0 Å². The molecule has 0 aliphatic carbocycles. The van der Waals surface area contributed by atoms with E-state index < -0.39 is 10.0 Å². The fourth-order valence-electron chi connectivity index (χ4n) is 4.24. The molecule has 0 N–H and O–H groups in total. The van der Waals surface area contributed by atoms with Crippen molar-refractivity contribution in [3.8, 4) is 5.75 Å². The maximum atomic E-state index is 13.7. The van der Waals surface area contributed by atoms with Crippen LogP contribution in [-0.2, 0) is 14.8 Å². The van der Waals surface area contributed by atoms with Crippen molar-refractivity contribution in [1.82, 2.24) is 4.98 Å². The molecular formula is C27H27N3O5S2. The summed E-state index contributed by atoms with van der Waals surface area (Å²) in [5.74, 6) is 0.431. The summed E-state index contributed by atoms with van der Waals surface area (Å²) in [6.07, 6.45) is 1.74. The molecule has 1 unspecified atom stereocenters. The van der Waals surface area contributed by atoms with Gasteiger partial charge >= 0.3 is 0 Å². The Balaban J connectivity index is 1.44. The SMILES string of the molecule is COc1ccc2sc(N(CC3CCCO3)C(=O)c3ccc(S(=O)(=O)N(C)c4ccccc4)cc3)nc2c1. The van der Waals surface area contributed by atoms with E-state index in [1.54, 1.807) is 48.4 Å². The van der Waals surface area contributed by atoms with Gasteiger partial charge < -0.3 is 9.47 Å². The number of ether oxygens (including phenoxy) is 2. The van der Waals surface area contributed by atoms with Gasteiger partial charge in [0.25, 0.3) is 15.9 Å². The highest BCUT2D eigenvalue weighted by atomic mass is 32.2. The Morgan fingerprint density at radius 2 is 1.86 bits per heavy atom. The zero-order valence-corrected chi connectivity index (χ0v) is 22.2. The molecule has 10 heteroatoms. The van der Waals surface area contributed by atoms with E-state index in [0.29, 0.717) is 35.3 Å². The Morgan fingerprint density at radius 3 is 2.54 bits per heavy atom. The minimum atomic E-state index is -3.78. The van der Waals surface area contributed by atoms with Crippen molar-refractivity contribution in [2.45, 2.75) is 23.8 Å². The Hall–Kier alpha value is -3.47. The Morgan fingerprint density at radius 1 is 1.11 bits per heavy atom. The van der Waals surface area contributed by atoms with Crippen molar-refractivity contribution < 1.29 is 22.7 Å². The fourth-order valence-corrected chi connectivity index (χ4v) is 6.39. The van der Waals surface area contributed by atoms with Gasteiger partial charge in [0.2, 0.25) is 0 Å². The van der Waals surface area contributed by atoms with Gasteiger partial charge in [-0.2, -0.15) is 0 Å². The van der Waals surface area contributed by atoms with Gasteiger partial charge in [0.15, 0.2) is 5.13 Å². The van der Waals surface area contributed by atoms with Crippen LogP contribution in [0, 0.1) is 0 Å². The number of hydrogen-bond acceptors (Lipinski definition) is 7. The highest BCUT2D eigenvalue weighted by molar-refractivity contribution is 7.92. The monoisotopic (exact) mass is 537 g/mol. The Labute approximate surface area is 220 Å². The predicted molar refractivity (Wildman–Crippen MR) is 145 cm³/mol. The minimum Gasteiger partial charge on any atom is -0.497 e. The number of nitrogens with zero attached hydrogens (tertiary/aromatic N) is 3. The largest absolute Gasteiger partial charge is 0.497 e. The first-order valence-corrected chi connectivity index (χ1v) is 14.1. The quantitative estimate of drug-likeness (QED) is 0.316. The summed E-state index contributed by atoms with van der Waals surface area (Å²) in [6.45, 7) is 1.04. The molecular weight excluding hydrogens is 510 g/mol. The van der Waals surface area contributed by atoms with Gasteiger partial charge in [0.05, 0.1) is 40.6 Å². The van der Waals surface area contributed by atoms with E-state index in [1.807, 2.05) is 24.3 Å². The highest BCUT2D eigenvalue weighted by Gasteiger charge is 2.28. The lowest BCUT2D eigenvalue weighted by atomic mass is 10.2. The number of methoxy groups -OCH3 is 1. The second-order valence-electron chi connectivity index (χ2n) is 8.71. The normalized spacial score (nSPS) is 15.6. The number of anilines is 2. The average Bonchev–Trinajstić information content (AvgIpc) is 3.60. The molecule has 0 bridgehead atoms. The van der Waals surface area contributed by atoms with Crippen LogP contribution in [0.5, 0.6) is 5.75 Å². The Kier molecular flexibility index (Phi) is 7.14. The molecule has 0 radical (unpaired) electrons. The molecule has 1 aromatic heterocycles. The summed E-state index contributed by atoms with van der Waals surface area (Å²) in [6, 6.07) is 20.5. The first-order chi connectivity index (χ1) is 17.9. The van der Waals surface area contributed by atoms with Gasteiger partial charge in [-0.05, 0) is 61.4 Å². The zero-order valence-electron chi connectivity index (χ0n) is 20.5. The van der Waals surface area contributed by atoms with Crippen LogP contribution in [0.3, 0.4) is 0 Å². The van der Waals surface area contributed by atoms with Crippen molar-refractivity contribution >= 4 is 48.3 Å². The van der Waals surface area contributed by atoms with Crippen LogP contribution in [0.25, 0.3) is 10.2 Å². The van der Waals surface area contributed by atoms with Gasteiger partial charge in [-0.3, -0.25) is 14.0 Å². The van der Waals surface area contributed by atoms with Gasteiger partial charge in [-0.1, -0.05) is 29.5 Å². The number of carbonyl (C=O) groups excluding carboxylic acids is 1. The number of aromatic nitrogens is 1. The number of rotatable bonds is 8. The first kappa shape index (κ1) is 25.2. The first-order valence-electron chi connectivity index (χ1n) is 11.9. The van der Waals surface area contributed by atoms with Crippen molar-refractivity contribution in [3.05, 3.63) is 78.4 Å². The standard InChI is InChI=1S/C27H27N3O5S2/c1-29(20-7-4-3-5-8-20)37(32,33)23-13-10-19(11-14-23)26(31)30(18-22-9-6-16-35-22)27-28-24-17-21(34-2)12-15-25(24)36-27/h3-5,7-8,10-15,17,22H,6,9,16,18H2,1-2H3. The summed E-state index contributed by atoms with van der Waals surface area (Å²) >= 11 is 1.42. The van der Waals surface area contributed by atoms with Gasteiger partial charge in [0, 0.05) is 25.3 Å². The summed E-state index contributed by atoms with van der Waals surface area (Å²) < 4.78 is 39.6. The third-order valence-electron chi connectivity index (χ3n) is 6.35. The Bertz CT molecular complexity index is 1500. The smallest absolute Gasteiger partial charge is 0.264 e. The van der Waals surface area contributed by atoms with E-state index in [4.69, 9.17) is 14.5 Å². The van der Waals surface area contributed by atoms with Gasteiger partial charge in [-0.25, -0.2) is 13.4 Å². The third kappa shape index (κ3) is 5.18. The molecule has 0 spiro atoms. The average molecular weight is 538 g/mol. The van der Waals surface area contributed by atoms with E-state index in [-0.39, 0.29) is 16.9 Å². The molecule has 192 valence electrons. The lowest BCUT2D eigenvalue weighted by Crippen LogP contribution is -2.37. The van der Waals surface area contributed by atoms with Crippen LogP contribution < -0.4 is 13.9 Å².